The molecule has 0 bridgehead atoms. The summed E-state index contributed by atoms with van der Waals surface area (Å²) in [5.74, 6) is -0.204. The van der Waals surface area contributed by atoms with E-state index in [0.717, 1.165) is 10.8 Å². The molecule has 0 spiro atoms. The van der Waals surface area contributed by atoms with Gasteiger partial charge in [-0.3, -0.25) is 4.98 Å². The van der Waals surface area contributed by atoms with Gasteiger partial charge in [0.05, 0.1) is 12.6 Å². The molecule has 0 aliphatic rings. The van der Waals surface area contributed by atoms with E-state index >= 15 is 0 Å². The summed E-state index contributed by atoms with van der Waals surface area (Å²) in [7, 11) is 1.45. The van der Waals surface area contributed by atoms with Gasteiger partial charge < -0.3 is 19.7 Å². The van der Waals surface area contributed by atoms with E-state index in [0.29, 0.717) is 16.7 Å². The molecule has 0 fully saturated rings. The quantitative estimate of drug-likeness (QED) is 0.552. The van der Waals surface area contributed by atoms with Crippen molar-refractivity contribution in [2.24, 2.45) is 0 Å². The van der Waals surface area contributed by atoms with E-state index in [1.54, 1.807) is 24.3 Å². The molecule has 6 nitrogen and oxygen atoms in total. The summed E-state index contributed by atoms with van der Waals surface area (Å²) in [5, 5.41) is 21.8. The number of phenolic OH excluding ortho intramolecular Hbond substituents is 1. The summed E-state index contributed by atoms with van der Waals surface area (Å²) < 4.78 is 11.1. The molecule has 4 aromatic rings. The van der Waals surface area contributed by atoms with E-state index in [2.05, 4.69) is 4.98 Å². The smallest absolute Gasteiger partial charge is 0.339 e. The molecule has 0 unspecified atom stereocenters. The molecule has 3 aromatic carbocycles. The Bertz CT molecular complexity index is 1190. The van der Waals surface area contributed by atoms with Crippen LogP contribution in [0.4, 0.5) is 0 Å². The standard InChI is InChI=1S/C21H15NO5/c1-26-20-10-14-16(11-17(20)23)22-7-6-18(14)27-19-9-13-5-3-2-4-12(13)8-15(19)21(24)25/h2-11,23H,1H3,(H,24,25). The van der Waals surface area contributed by atoms with Gasteiger partial charge in [0.1, 0.15) is 17.1 Å². The first-order valence-corrected chi connectivity index (χ1v) is 8.16. The Morgan fingerprint density at radius 2 is 1.70 bits per heavy atom. The Morgan fingerprint density at radius 1 is 0.963 bits per heavy atom. The van der Waals surface area contributed by atoms with Crippen LogP contribution in [-0.4, -0.2) is 28.3 Å². The van der Waals surface area contributed by atoms with Gasteiger partial charge in [0, 0.05) is 17.6 Å². The molecule has 0 aliphatic carbocycles. The number of hydrogen-bond acceptors (Lipinski definition) is 5. The fraction of sp³-hybridized carbons (Fsp3) is 0.0476. The normalized spacial score (nSPS) is 10.9. The number of pyridine rings is 1. The molecule has 4 rings (SSSR count). The maximum atomic E-state index is 11.7. The third kappa shape index (κ3) is 2.97. The number of carboxylic acid groups (broad SMARTS) is 1. The molecule has 6 heteroatoms. The Labute approximate surface area is 154 Å². The van der Waals surface area contributed by atoms with Crippen molar-refractivity contribution in [1.82, 2.24) is 4.98 Å². The van der Waals surface area contributed by atoms with Gasteiger partial charge in [-0.25, -0.2) is 4.79 Å². The van der Waals surface area contributed by atoms with Crippen molar-refractivity contribution in [3.63, 3.8) is 0 Å². The van der Waals surface area contributed by atoms with Crippen molar-refractivity contribution in [2.45, 2.75) is 0 Å². The number of aromatic nitrogens is 1. The molecular weight excluding hydrogens is 346 g/mol. The summed E-state index contributed by atoms with van der Waals surface area (Å²) >= 11 is 0. The highest BCUT2D eigenvalue weighted by Gasteiger charge is 2.16. The van der Waals surface area contributed by atoms with Crippen LogP contribution < -0.4 is 9.47 Å². The van der Waals surface area contributed by atoms with E-state index < -0.39 is 5.97 Å². The van der Waals surface area contributed by atoms with Crippen molar-refractivity contribution < 1.29 is 24.5 Å². The summed E-state index contributed by atoms with van der Waals surface area (Å²) in [6, 6.07) is 15.5. The fourth-order valence-corrected chi connectivity index (χ4v) is 2.98. The Kier molecular flexibility index (Phi) is 4.01. The van der Waals surface area contributed by atoms with Gasteiger partial charge in [0.2, 0.25) is 0 Å². The number of phenols is 1. The first kappa shape index (κ1) is 16.7. The highest BCUT2D eigenvalue weighted by molar-refractivity contribution is 5.98. The highest BCUT2D eigenvalue weighted by atomic mass is 16.5. The summed E-state index contributed by atoms with van der Waals surface area (Å²) in [4.78, 5) is 15.9. The minimum absolute atomic E-state index is 0.0356. The number of aromatic carboxylic acids is 1. The molecule has 0 saturated carbocycles. The molecule has 0 amide bonds. The molecule has 134 valence electrons. The van der Waals surface area contributed by atoms with Crippen LogP contribution in [0.25, 0.3) is 21.7 Å². The number of fused-ring (bicyclic) bond motifs is 2. The number of aromatic hydroxyl groups is 1. The van der Waals surface area contributed by atoms with Gasteiger partial charge in [-0.1, -0.05) is 24.3 Å². The Hall–Kier alpha value is -3.80. The zero-order valence-corrected chi connectivity index (χ0v) is 14.3. The SMILES string of the molecule is COc1cc2c(Oc3cc4ccccc4cc3C(=O)O)ccnc2cc1O. The number of ether oxygens (including phenoxy) is 2. The Balaban J connectivity index is 1.89. The third-order valence-corrected chi connectivity index (χ3v) is 4.30. The van der Waals surface area contributed by atoms with E-state index in [9.17, 15) is 15.0 Å². The van der Waals surface area contributed by atoms with E-state index in [4.69, 9.17) is 9.47 Å². The maximum Gasteiger partial charge on any atom is 0.339 e. The average molecular weight is 361 g/mol. The van der Waals surface area contributed by atoms with Crippen molar-refractivity contribution >= 4 is 27.6 Å². The summed E-state index contributed by atoms with van der Waals surface area (Å²) in [5.41, 5.74) is 0.563. The van der Waals surface area contributed by atoms with Crippen LogP contribution in [0.3, 0.4) is 0 Å². The van der Waals surface area contributed by atoms with E-state index in [1.165, 1.54) is 19.4 Å². The predicted molar refractivity (Wildman–Crippen MR) is 101 cm³/mol. The first-order valence-electron chi connectivity index (χ1n) is 8.16. The Morgan fingerprint density at radius 3 is 2.41 bits per heavy atom. The number of hydrogen-bond donors (Lipinski definition) is 2. The zero-order valence-electron chi connectivity index (χ0n) is 14.3. The second-order valence-corrected chi connectivity index (χ2v) is 5.95. The number of rotatable bonds is 4. The topological polar surface area (TPSA) is 88.9 Å². The molecule has 0 atom stereocenters. The average Bonchev–Trinajstić information content (AvgIpc) is 2.67. The fourth-order valence-electron chi connectivity index (χ4n) is 2.98. The van der Waals surface area contributed by atoms with Crippen molar-refractivity contribution in [3.8, 4) is 23.0 Å². The van der Waals surface area contributed by atoms with Crippen LogP contribution in [0, 0.1) is 0 Å². The van der Waals surface area contributed by atoms with Crippen LogP contribution in [-0.2, 0) is 0 Å². The molecule has 0 radical (unpaired) electrons. The molecule has 27 heavy (non-hydrogen) atoms. The summed E-state index contributed by atoms with van der Waals surface area (Å²) in [6.07, 6.45) is 1.53. The number of carboxylic acids is 1. The minimum Gasteiger partial charge on any atom is -0.504 e. The number of benzene rings is 3. The molecule has 0 aliphatic heterocycles. The number of methoxy groups -OCH3 is 1. The largest absolute Gasteiger partial charge is 0.504 e. The van der Waals surface area contributed by atoms with Crippen molar-refractivity contribution in [1.29, 1.82) is 0 Å². The first-order chi connectivity index (χ1) is 13.1. The van der Waals surface area contributed by atoms with Gasteiger partial charge in [-0.2, -0.15) is 0 Å². The van der Waals surface area contributed by atoms with Crippen molar-refractivity contribution in [3.05, 3.63) is 66.4 Å². The van der Waals surface area contributed by atoms with Crippen LogP contribution in [0.1, 0.15) is 10.4 Å². The molecule has 0 saturated heterocycles. The van der Waals surface area contributed by atoms with Crippen LogP contribution in [0.15, 0.2) is 60.8 Å². The monoisotopic (exact) mass is 361 g/mol. The van der Waals surface area contributed by atoms with Gasteiger partial charge >= 0.3 is 5.97 Å². The molecule has 1 aromatic heterocycles. The maximum absolute atomic E-state index is 11.7. The number of carbonyl (C=O) groups is 1. The number of nitrogens with zero attached hydrogens (tertiary/aromatic N) is 1. The highest BCUT2D eigenvalue weighted by Crippen LogP contribution is 2.37. The summed E-state index contributed by atoms with van der Waals surface area (Å²) in [6.45, 7) is 0. The zero-order chi connectivity index (χ0) is 19.0. The lowest BCUT2D eigenvalue weighted by Gasteiger charge is -2.13. The lowest BCUT2D eigenvalue weighted by atomic mass is 10.1. The van der Waals surface area contributed by atoms with Crippen LogP contribution in [0.5, 0.6) is 23.0 Å². The molecule has 1 heterocycles. The van der Waals surface area contributed by atoms with E-state index in [1.807, 2.05) is 24.3 Å². The predicted octanol–water partition coefficient (Wildman–Crippen LogP) is 4.59. The van der Waals surface area contributed by atoms with Gasteiger partial charge in [0.15, 0.2) is 11.5 Å². The van der Waals surface area contributed by atoms with Crippen LogP contribution >= 0.6 is 0 Å². The van der Waals surface area contributed by atoms with Gasteiger partial charge in [-0.15, -0.1) is 0 Å². The van der Waals surface area contributed by atoms with Gasteiger partial charge in [0.25, 0.3) is 0 Å². The second-order valence-electron chi connectivity index (χ2n) is 5.95. The lowest BCUT2D eigenvalue weighted by Crippen LogP contribution is -2.00. The minimum atomic E-state index is -1.08. The van der Waals surface area contributed by atoms with Crippen LogP contribution in [0.2, 0.25) is 0 Å². The third-order valence-electron chi connectivity index (χ3n) is 4.30. The van der Waals surface area contributed by atoms with Gasteiger partial charge in [-0.05, 0) is 35.0 Å². The lowest BCUT2D eigenvalue weighted by molar-refractivity contribution is 0.0694. The molecular formula is C21H15NO5. The molecule has 2 N–H and O–H groups in total. The van der Waals surface area contributed by atoms with Crippen molar-refractivity contribution in [2.75, 3.05) is 7.11 Å². The second kappa shape index (κ2) is 6.49. The van der Waals surface area contributed by atoms with E-state index in [-0.39, 0.29) is 22.8 Å².